The fourth-order valence-corrected chi connectivity index (χ4v) is 7.32. The molecular weight excluding hydrogens is 458 g/mol. The van der Waals surface area contributed by atoms with Crippen molar-refractivity contribution in [3.05, 3.63) is 0 Å². The van der Waals surface area contributed by atoms with Gasteiger partial charge in [-0.3, -0.25) is 0 Å². The average Bonchev–Trinajstić information content (AvgIpc) is 2.25. The molecule has 0 N–H and O–H groups in total. The van der Waals surface area contributed by atoms with Crippen LogP contribution >= 0.6 is 45.2 Å². The highest BCUT2D eigenvalue weighted by molar-refractivity contribution is 14.1. The van der Waals surface area contributed by atoms with E-state index in [2.05, 4.69) is 66.0 Å². The van der Waals surface area contributed by atoms with Crippen molar-refractivity contribution in [2.45, 2.75) is 63.2 Å². The van der Waals surface area contributed by atoms with Gasteiger partial charge < -0.3 is 0 Å². The molecule has 4 unspecified atom stereocenters. The van der Waals surface area contributed by atoms with Crippen LogP contribution in [0.2, 0.25) is 0 Å². The van der Waals surface area contributed by atoms with Gasteiger partial charge in [0.2, 0.25) is 0 Å². The molecule has 0 aromatic heterocycles. The third-order valence-corrected chi connectivity index (χ3v) is 7.42. The van der Waals surface area contributed by atoms with Crippen LogP contribution in [0.3, 0.4) is 0 Å². The maximum atomic E-state index is 2.74. The summed E-state index contributed by atoms with van der Waals surface area (Å²) in [5, 5.41) is 0. The molecule has 0 aromatic carbocycles. The van der Waals surface area contributed by atoms with Crippen LogP contribution in [-0.2, 0) is 0 Å². The fraction of sp³-hybridized carbons (Fsp3) is 1.00. The van der Waals surface area contributed by atoms with E-state index >= 15 is 0 Å². The molecule has 0 aromatic rings. The zero-order valence-electron chi connectivity index (χ0n) is 12.7. The minimum absolute atomic E-state index is 0.876. The quantitative estimate of drug-likeness (QED) is 0.313. The Hall–Kier alpha value is 1.46. The zero-order chi connectivity index (χ0) is 14.0. The minimum Gasteiger partial charge on any atom is -0.0861 e. The van der Waals surface area contributed by atoms with Gasteiger partial charge in [-0.25, -0.2) is 0 Å². The molecule has 0 bridgehead atoms. The molecule has 2 aliphatic rings. The fourth-order valence-electron chi connectivity index (χ4n) is 4.58. The van der Waals surface area contributed by atoms with Crippen molar-refractivity contribution in [2.24, 2.45) is 35.5 Å². The second-order valence-electron chi connectivity index (χ2n) is 7.71. The van der Waals surface area contributed by atoms with Crippen molar-refractivity contribution in [3.8, 4) is 0 Å². The first kappa shape index (κ1) is 16.8. The molecule has 2 saturated carbocycles. The monoisotopic (exact) mass is 488 g/mol. The number of rotatable bonds is 5. The number of hydrogen-bond donors (Lipinski definition) is 0. The number of alkyl halides is 2. The standard InChI is InChI=1S/C17H30I2/c1-11(2)4-14-8-16(19)9-15(17(14)10-18)7-13-5-12(3)6-13/h11-17H,4-10H2,1-3H3. The SMILES string of the molecule is CC(C)CC1CC(I)CC(CC2CC(C)C2)C1CI. The topological polar surface area (TPSA) is 0 Å². The summed E-state index contributed by atoms with van der Waals surface area (Å²) < 4.78 is 2.34. The van der Waals surface area contributed by atoms with E-state index in [9.17, 15) is 0 Å². The van der Waals surface area contributed by atoms with Crippen LogP contribution in [0, 0.1) is 35.5 Å². The molecule has 0 saturated heterocycles. The Morgan fingerprint density at radius 3 is 2.21 bits per heavy atom. The second-order valence-corrected chi connectivity index (χ2v) is 10.4. The van der Waals surface area contributed by atoms with E-state index in [0.717, 1.165) is 39.4 Å². The maximum Gasteiger partial charge on any atom is 0.0115 e. The second kappa shape index (κ2) is 7.64. The maximum absolute atomic E-state index is 2.74. The van der Waals surface area contributed by atoms with Gasteiger partial charge in [-0.1, -0.05) is 66.0 Å². The Kier molecular flexibility index (Phi) is 6.77. The van der Waals surface area contributed by atoms with E-state index in [1.165, 1.54) is 36.5 Å². The predicted molar refractivity (Wildman–Crippen MR) is 102 cm³/mol. The highest BCUT2D eigenvalue weighted by Gasteiger charge is 2.39. The lowest BCUT2D eigenvalue weighted by Crippen LogP contribution is -2.37. The molecule has 19 heavy (non-hydrogen) atoms. The Labute approximate surface area is 147 Å². The molecule has 4 atom stereocenters. The van der Waals surface area contributed by atoms with Crippen molar-refractivity contribution in [1.29, 1.82) is 0 Å². The lowest BCUT2D eigenvalue weighted by molar-refractivity contribution is 0.0984. The normalized spacial score (nSPS) is 43.3. The molecule has 2 fully saturated rings. The van der Waals surface area contributed by atoms with Crippen LogP contribution in [0.1, 0.15) is 59.3 Å². The van der Waals surface area contributed by atoms with Gasteiger partial charge in [-0.15, -0.1) is 0 Å². The summed E-state index contributed by atoms with van der Waals surface area (Å²) in [6.07, 6.45) is 9.05. The number of halogens is 2. The molecule has 2 rings (SSSR count). The van der Waals surface area contributed by atoms with Crippen molar-refractivity contribution in [2.75, 3.05) is 4.43 Å². The first-order chi connectivity index (χ1) is 8.99. The third-order valence-electron chi connectivity index (χ3n) is 5.39. The van der Waals surface area contributed by atoms with Crippen molar-refractivity contribution < 1.29 is 0 Å². The summed E-state index contributed by atoms with van der Waals surface area (Å²) in [6.45, 7) is 7.24. The summed E-state index contributed by atoms with van der Waals surface area (Å²) in [5.41, 5.74) is 0. The van der Waals surface area contributed by atoms with Gasteiger partial charge in [-0.05, 0) is 74.0 Å². The lowest BCUT2D eigenvalue weighted by atomic mass is 9.64. The van der Waals surface area contributed by atoms with Crippen molar-refractivity contribution >= 4 is 45.2 Å². The van der Waals surface area contributed by atoms with Crippen LogP contribution in [0.25, 0.3) is 0 Å². The predicted octanol–water partition coefficient (Wildman–Crippen LogP) is 6.35. The summed E-state index contributed by atoms with van der Waals surface area (Å²) in [4.78, 5) is 0. The Bertz CT molecular complexity index is 268. The van der Waals surface area contributed by atoms with E-state index in [1.807, 2.05) is 0 Å². The van der Waals surface area contributed by atoms with E-state index in [-0.39, 0.29) is 0 Å². The van der Waals surface area contributed by atoms with E-state index < -0.39 is 0 Å². The highest BCUT2D eigenvalue weighted by Crippen LogP contribution is 2.47. The zero-order valence-corrected chi connectivity index (χ0v) is 17.1. The van der Waals surface area contributed by atoms with Gasteiger partial charge in [0.25, 0.3) is 0 Å². The van der Waals surface area contributed by atoms with Gasteiger partial charge >= 0.3 is 0 Å². The largest absolute Gasteiger partial charge is 0.0861 e. The van der Waals surface area contributed by atoms with Gasteiger partial charge in [0.15, 0.2) is 0 Å². The summed E-state index contributed by atoms with van der Waals surface area (Å²) in [6, 6.07) is 0. The minimum atomic E-state index is 0.876. The Morgan fingerprint density at radius 1 is 1.05 bits per heavy atom. The summed E-state index contributed by atoms with van der Waals surface area (Å²) in [5.74, 6) is 6.04. The molecule has 0 spiro atoms. The molecule has 0 aliphatic heterocycles. The van der Waals surface area contributed by atoms with Gasteiger partial charge in [0, 0.05) is 8.35 Å². The van der Waals surface area contributed by atoms with Gasteiger partial charge in [-0.2, -0.15) is 0 Å². The molecular formula is C17H30I2. The molecule has 0 radical (unpaired) electrons. The van der Waals surface area contributed by atoms with Crippen LogP contribution in [-0.4, -0.2) is 8.35 Å². The summed E-state index contributed by atoms with van der Waals surface area (Å²) >= 11 is 5.41. The van der Waals surface area contributed by atoms with Crippen LogP contribution in [0.5, 0.6) is 0 Å². The summed E-state index contributed by atoms with van der Waals surface area (Å²) in [7, 11) is 0. The van der Waals surface area contributed by atoms with E-state index in [0.29, 0.717) is 0 Å². The van der Waals surface area contributed by atoms with Crippen LogP contribution < -0.4 is 0 Å². The molecule has 2 aliphatic carbocycles. The average molecular weight is 488 g/mol. The van der Waals surface area contributed by atoms with Crippen LogP contribution in [0.15, 0.2) is 0 Å². The number of hydrogen-bond acceptors (Lipinski definition) is 0. The third kappa shape index (κ3) is 4.72. The van der Waals surface area contributed by atoms with Gasteiger partial charge in [0.05, 0.1) is 0 Å². The molecule has 112 valence electrons. The smallest absolute Gasteiger partial charge is 0.0115 e. The molecule has 0 heterocycles. The Balaban J connectivity index is 1.94. The van der Waals surface area contributed by atoms with E-state index in [1.54, 1.807) is 6.42 Å². The Morgan fingerprint density at radius 2 is 1.68 bits per heavy atom. The molecule has 0 nitrogen and oxygen atoms in total. The van der Waals surface area contributed by atoms with Gasteiger partial charge in [0.1, 0.15) is 0 Å². The van der Waals surface area contributed by atoms with E-state index in [4.69, 9.17) is 0 Å². The van der Waals surface area contributed by atoms with Crippen molar-refractivity contribution in [1.82, 2.24) is 0 Å². The highest BCUT2D eigenvalue weighted by atomic mass is 127. The first-order valence-electron chi connectivity index (χ1n) is 8.19. The lowest BCUT2D eigenvalue weighted by Gasteiger charge is -2.44. The van der Waals surface area contributed by atoms with Crippen LogP contribution in [0.4, 0.5) is 0 Å². The van der Waals surface area contributed by atoms with Crippen molar-refractivity contribution in [3.63, 3.8) is 0 Å². The molecule has 2 heteroatoms. The molecule has 0 amide bonds. The first-order valence-corrected chi connectivity index (χ1v) is 11.0.